The number of halogens is 2. The van der Waals surface area contributed by atoms with E-state index >= 15 is 0 Å². The van der Waals surface area contributed by atoms with E-state index in [0.717, 1.165) is 6.54 Å². The number of carbonyl (C=O) groups is 2. The molecule has 1 aliphatic rings. The van der Waals surface area contributed by atoms with Gasteiger partial charge in [-0.25, -0.2) is 0 Å². The maximum Gasteiger partial charge on any atom is 0.225 e. The van der Waals surface area contributed by atoms with Gasteiger partial charge in [-0.05, 0) is 27.9 Å². The number of rotatable bonds is 6. The molecule has 1 fully saturated rings. The molecule has 0 aromatic carbocycles. The number of nitrogens with two attached hydrogens (primary N) is 1. The van der Waals surface area contributed by atoms with E-state index in [9.17, 15) is 9.59 Å². The van der Waals surface area contributed by atoms with Crippen molar-refractivity contribution in [1.82, 2.24) is 15.1 Å². The lowest BCUT2D eigenvalue weighted by Crippen LogP contribution is -2.47. The van der Waals surface area contributed by atoms with E-state index in [2.05, 4.69) is 5.32 Å². The van der Waals surface area contributed by atoms with Gasteiger partial charge in [0.2, 0.25) is 11.8 Å². The zero-order valence-corrected chi connectivity index (χ0v) is 14.9. The number of nitrogens with zero attached hydrogens (tertiary/aromatic N) is 2. The Hall–Kier alpha value is -0.560. The molecule has 1 atom stereocenters. The molecule has 0 radical (unpaired) electrons. The molecule has 1 rings (SSSR count). The van der Waals surface area contributed by atoms with Crippen molar-refractivity contribution < 1.29 is 9.59 Å². The van der Waals surface area contributed by atoms with Crippen LogP contribution in [-0.2, 0) is 9.59 Å². The van der Waals surface area contributed by atoms with Crippen LogP contribution in [0.1, 0.15) is 20.3 Å². The van der Waals surface area contributed by atoms with Gasteiger partial charge in [0.1, 0.15) is 0 Å². The lowest BCUT2D eigenvalue weighted by molar-refractivity contribution is -0.129. The Morgan fingerprint density at radius 2 is 2.00 bits per heavy atom. The first-order valence-electron chi connectivity index (χ1n) is 6.68. The highest BCUT2D eigenvalue weighted by Crippen LogP contribution is 2.17. The second kappa shape index (κ2) is 9.46. The average Bonchev–Trinajstić information content (AvgIpc) is 2.64. The van der Waals surface area contributed by atoms with Gasteiger partial charge < -0.3 is 20.9 Å². The van der Waals surface area contributed by atoms with Gasteiger partial charge in [0.25, 0.3) is 0 Å². The highest BCUT2D eigenvalue weighted by atomic mass is 35.5. The zero-order chi connectivity index (χ0) is 14.6. The Kier molecular flexibility index (Phi) is 10.2. The molecule has 0 aliphatic carbocycles. The minimum Gasteiger partial charge on any atom is -0.354 e. The van der Waals surface area contributed by atoms with E-state index in [1.54, 1.807) is 4.90 Å². The van der Waals surface area contributed by atoms with Crippen LogP contribution < -0.4 is 11.1 Å². The summed E-state index contributed by atoms with van der Waals surface area (Å²) in [5.74, 6) is -0.245. The van der Waals surface area contributed by atoms with Crippen molar-refractivity contribution in [2.24, 2.45) is 11.7 Å². The fourth-order valence-corrected chi connectivity index (χ4v) is 1.94. The maximum absolute atomic E-state index is 12.0. The summed E-state index contributed by atoms with van der Waals surface area (Å²) in [4.78, 5) is 27.6. The largest absolute Gasteiger partial charge is 0.354 e. The monoisotopic (exact) mass is 342 g/mol. The van der Waals surface area contributed by atoms with E-state index in [1.165, 1.54) is 0 Å². The van der Waals surface area contributed by atoms with E-state index in [1.807, 2.05) is 32.8 Å². The molecule has 2 amide bonds. The van der Waals surface area contributed by atoms with Gasteiger partial charge in [0.05, 0.1) is 5.92 Å². The van der Waals surface area contributed by atoms with Gasteiger partial charge in [-0.2, -0.15) is 0 Å². The highest BCUT2D eigenvalue weighted by Gasteiger charge is 2.34. The van der Waals surface area contributed by atoms with Crippen LogP contribution in [0.5, 0.6) is 0 Å². The second-order valence-electron chi connectivity index (χ2n) is 6.25. The van der Waals surface area contributed by atoms with Crippen molar-refractivity contribution in [1.29, 1.82) is 0 Å². The first-order chi connectivity index (χ1) is 8.69. The topological polar surface area (TPSA) is 78.7 Å². The molecule has 1 saturated heterocycles. The number of nitrogens with one attached hydrogen (secondary N) is 1. The molecule has 126 valence electrons. The average molecular weight is 343 g/mol. The lowest BCUT2D eigenvalue weighted by atomic mass is 10.1. The maximum atomic E-state index is 12.0. The minimum absolute atomic E-state index is 0. The Labute approximate surface area is 139 Å². The molecule has 1 unspecified atom stereocenters. The molecular formula is C13H28Cl2N4O2. The van der Waals surface area contributed by atoms with Crippen LogP contribution >= 0.6 is 24.8 Å². The van der Waals surface area contributed by atoms with Gasteiger partial charge in [0.15, 0.2) is 0 Å². The van der Waals surface area contributed by atoms with Gasteiger partial charge in [0, 0.05) is 38.1 Å². The molecule has 1 heterocycles. The summed E-state index contributed by atoms with van der Waals surface area (Å²) in [7, 11) is 3.93. The normalized spacial score (nSPS) is 18.3. The molecule has 0 aromatic rings. The molecule has 0 saturated carbocycles. The van der Waals surface area contributed by atoms with Crippen molar-refractivity contribution in [3.8, 4) is 0 Å². The molecule has 1 aliphatic heterocycles. The Morgan fingerprint density at radius 3 is 2.48 bits per heavy atom. The van der Waals surface area contributed by atoms with Gasteiger partial charge in [-0.15, -0.1) is 24.8 Å². The number of amides is 2. The van der Waals surface area contributed by atoms with Gasteiger partial charge in [-0.1, -0.05) is 0 Å². The summed E-state index contributed by atoms with van der Waals surface area (Å²) in [5.41, 5.74) is 5.39. The SMILES string of the molecule is CN(C)CCN1CC(C(=O)NCC(C)(C)N)CC1=O.Cl.Cl. The molecule has 21 heavy (non-hydrogen) atoms. The van der Waals surface area contributed by atoms with Crippen molar-refractivity contribution in [3.63, 3.8) is 0 Å². The summed E-state index contributed by atoms with van der Waals surface area (Å²) >= 11 is 0. The first-order valence-corrected chi connectivity index (χ1v) is 6.68. The second-order valence-corrected chi connectivity index (χ2v) is 6.25. The third-order valence-corrected chi connectivity index (χ3v) is 3.12. The predicted octanol–water partition coefficient (Wildman–Crippen LogP) is 0.0936. The molecule has 0 spiro atoms. The van der Waals surface area contributed by atoms with Crippen LogP contribution in [0.3, 0.4) is 0 Å². The number of likely N-dealkylation sites (N-methyl/N-ethyl adjacent to an activating group) is 1. The summed E-state index contributed by atoms with van der Waals surface area (Å²) < 4.78 is 0. The van der Waals surface area contributed by atoms with Crippen molar-refractivity contribution in [3.05, 3.63) is 0 Å². The standard InChI is InChI=1S/C13H26N4O2.2ClH/c1-13(2,14)9-15-12(19)10-7-11(18)17(8-10)6-5-16(3)4;;/h10H,5-9,14H2,1-4H3,(H,15,19);2*1H. The molecule has 3 N–H and O–H groups in total. The van der Waals surface area contributed by atoms with Crippen LogP contribution in [0.25, 0.3) is 0 Å². The van der Waals surface area contributed by atoms with E-state index in [-0.39, 0.29) is 42.5 Å². The smallest absolute Gasteiger partial charge is 0.225 e. The van der Waals surface area contributed by atoms with E-state index in [0.29, 0.717) is 26.1 Å². The fourth-order valence-electron chi connectivity index (χ4n) is 1.94. The quantitative estimate of drug-likeness (QED) is 0.717. The summed E-state index contributed by atoms with van der Waals surface area (Å²) in [6.07, 6.45) is 0.310. The molecule has 0 aromatic heterocycles. The van der Waals surface area contributed by atoms with Gasteiger partial charge in [-0.3, -0.25) is 9.59 Å². The van der Waals surface area contributed by atoms with Gasteiger partial charge >= 0.3 is 0 Å². The van der Waals surface area contributed by atoms with Crippen molar-refractivity contribution in [2.45, 2.75) is 25.8 Å². The number of hydrogen-bond donors (Lipinski definition) is 2. The third kappa shape index (κ3) is 8.46. The fraction of sp³-hybridized carbons (Fsp3) is 0.846. The third-order valence-electron chi connectivity index (χ3n) is 3.12. The minimum atomic E-state index is -0.428. The molecule has 6 nitrogen and oxygen atoms in total. The number of carbonyl (C=O) groups excluding carboxylic acids is 2. The van der Waals surface area contributed by atoms with E-state index in [4.69, 9.17) is 5.73 Å². The van der Waals surface area contributed by atoms with Crippen LogP contribution in [0.2, 0.25) is 0 Å². The van der Waals surface area contributed by atoms with Crippen molar-refractivity contribution >= 4 is 36.6 Å². The van der Waals surface area contributed by atoms with Crippen LogP contribution in [0.15, 0.2) is 0 Å². The molecular weight excluding hydrogens is 315 g/mol. The molecule has 8 heteroatoms. The highest BCUT2D eigenvalue weighted by molar-refractivity contribution is 5.89. The Bertz CT molecular complexity index is 346. The summed E-state index contributed by atoms with van der Waals surface area (Å²) in [6.45, 7) is 6.15. The Morgan fingerprint density at radius 1 is 1.43 bits per heavy atom. The summed E-state index contributed by atoms with van der Waals surface area (Å²) in [6, 6.07) is 0. The lowest BCUT2D eigenvalue weighted by Gasteiger charge is -2.21. The van der Waals surface area contributed by atoms with Crippen LogP contribution in [0.4, 0.5) is 0 Å². The number of likely N-dealkylation sites (tertiary alicyclic amines) is 1. The number of hydrogen-bond acceptors (Lipinski definition) is 4. The summed E-state index contributed by atoms with van der Waals surface area (Å²) in [5, 5.41) is 2.82. The van der Waals surface area contributed by atoms with Crippen LogP contribution in [-0.4, -0.2) is 67.4 Å². The van der Waals surface area contributed by atoms with Crippen molar-refractivity contribution in [2.75, 3.05) is 40.3 Å². The van der Waals surface area contributed by atoms with E-state index < -0.39 is 5.54 Å². The Balaban J connectivity index is 0. The first kappa shape index (κ1) is 22.7. The zero-order valence-electron chi connectivity index (χ0n) is 13.2. The molecule has 0 bridgehead atoms. The predicted molar refractivity (Wildman–Crippen MR) is 89.0 cm³/mol. The van der Waals surface area contributed by atoms with Crippen LogP contribution in [0, 0.1) is 5.92 Å².